The van der Waals surface area contributed by atoms with Crippen LogP contribution in [-0.2, 0) is 0 Å². The summed E-state index contributed by atoms with van der Waals surface area (Å²) in [6, 6.07) is 9.69. The summed E-state index contributed by atoms with van der Waals surface area (Å²) in [5.74, 6) is 1.10. The van der Waals surface area contributed by atoms with Gasteiger partial charge in [-0.3, -0.25) is 4.79 Å². The number of benzene rings is 2. The highest BCUT2D eigenvalue weighted by molar-refractivity contribution is 6.32. The van der Waals surface area contributed by atoms with Crippen LogP contribution in [0.5, 0.6) is 11.5 Å². The summed E-state index contributed by atoms with van der Waals surface area (Å²) < 4.78 is 11.2. The van der Waals surface area contributed by atoms with E-state index < -0.39 is 0 Å². The summed E-state index contributed by atoms with van der Waals surface area (Å²) in [6.45, 7) is 3.90. The Hall–Kier alpha value is -2.46. The van der Waals surface area contributed by atoms with Crippen LogP contribution < -0.4 is 10.2 Å². The maximum atomic E-state index is 13.0. The molecule has 0 radical (unpaired) electrons. The minimum Gasteiger partial charge on any atom is -0.508 e. The minimum absolute atomic E-state index is 0.0129. The lowest BCUT2D eigenvalue weighted by atomic mass is 9.96. The Balaban J connectivity index is 2.38. The fourth-order valence-corrected chi connectivity index (χ4v) is 2.89. The second-order valence-corrected chi connectivity index (χ2v) is 6.26. The molecule has 0 fully saturated rings. The quantitative estimate of drug-likeness (QED) is 0.730. The number of hydrogen-bond donors (Lipinski definition) is 1. The van der Waals surface area contributed by atoms with Gasteiger partial charge in [0.15, 0.2) is 0 Å². The second-order valence-electron chi connectivity index (χ2n) is 5.85. The standard InChI is InChI=1S/C19H17ClO4/c1-10(2)19-17(11-4-7-14(20)16(8-11)23-3)18(22)13-6-5-12(21)9-15(13)24-19/h4-10,21H,1-3H3. The molecule has 0 aliphatic rings. The number of rotatable bonds is 3. The summed E-state index contributed by atoms with van der Waals surface area (Å²) in [4.78, 5) is 13.0. The number of aromatic hydroxyl groups is 1. The van der Waals surface area contributed by atoms with Crippen molar-refractivity contribution in [2.24, 2.45) is 0 Å². The van der Waals surface area contributed by atoms with Gasteiger partial charge in [0.2, 0.25) is 5.43 Å². The van der Waals surface area contributed by atoms with Crippen molar-refractivity contribution in [3.63, 3.8) is 0 Å². The van der Waals surface area contributed by atoms with Crippen LogP contribution in [0.2, 0.25) is 5.02 Å². The van der Waals surface area contributed by atoms with Crippen molar-refractivity contribution in [1.29, 1.82) is 0 Å². The second kappa shape index (κ2) is 6.21. The molecule has 1 N–H and O–H groups in total. The predicted molar refractivity (Wildman–Crippen MR) is 95.2 cm³/mol. The molecule has 2 aromatic carbocycles. The zero-order valence-corrected chi connectivity index (χ0v) is 14.3. The first-order valence-corrected chi connectivity index (χ1v) is 7.93. The fourth-order valence-electron chi connectivity index (χ4n) is 2.69. The molecule has 0 amide bonds. The van der Waals surface area contributed by atoms with Gasteiger partial charge >= 0.3 is 0 Å². The van der Waals surface area contributed by atoms with Gasteiger partial charge in [-0.25, -0.2) is 0 Å². The Bertz CT molecular complexity index is 973. The predicted octanol–water partition coefficient (Wildman–Crippen LogP) is 4.95. The Labute approximate surface area is 144 Å². The van der Waals surface area contributed by atoms with E-state index in [1.54, 1.807) is 24.3 Å². The normalized spacial score (nSPS) is 11.2. The lowest BCUT2D eigenvalue weighted by molar-refractivity contribution is 0.415. The molecule has 0 saturated heterocycles. The highest BCUT2D eigenvalue weighted by Gasteiger charge is 2.20. The maximum absolute atomic E-state index is 13.0. The first-order valence-electron chi connectivity index (χ1n) is 7.56. The number of methoxy groups -OCH3 is 1. The molecule has 0 atom stereocenters. The highest BCUT2D eigenvalue weighted by atomic mass is 35.5. The van der Waals surface area contributed by atoms with E-state index in [4.69, 9.17) is 20.8 Å². The maximum Gasteiger partial charge on any atom is 0.200 e. The number of ether oxygens (including phenoxy) is 1. The van der Waals surface area contributed by atoms with Gasteiger partial charge in [-0.15, -0.1) is 0 Å². The number of halogens is 1. The lowest BCUT2D eigenvalue weighted by Gasteiger charge is -2.14. The molecule has 5 heteroatoms. The Morgan fingerprint density at radius 2 is 1.92 bits per heavy atom. The molecular weight excluding hydrogens is 328 g/mol. The van der Waals surface area contributed by atoms with E-state index in [9.17, 15) is 9.90 Å². The topological polar surface area (TPSA) is 59.7 Å². The van der Waals surface area contributed by atoms with Crippen molar-refractivity contribution in [3.8, 4) is 22.6 Å². The van der Waals surface area contributed by atoms with Crippen LogP contribution in [0.4, 0.5) is 0 Å². The summed E-state index contributed by atoms with van der Waals surface area (Å²) in [5, 5.41) is 10.5. The van der Waals surface area contributed by atoms with Crippen LogP contribution in [0.25, 0.3) is 22.1 Å². The van der Waals surface area contributed by atoms with Crippen LogP contribution in [-0.4, -0.2) is 12.2 Å². The highest BCUT2D eigenvalue weighted by Crippen LogP contribution is 2.34. The summed E-state index contributed by atoms with van der Waals surface area (Å²) in [5.41, 5.74) is 1.39. The van der Waals surface area contributed by atoms with Crippen molar-refractivity contribution in [3.05, 3.63) is 57.4 Å². The average molecular weight is 345 g/mol. The number of phenolic OH excluding ortho intramolecular Hbond substituents is 1. The third-order valence-electron chi connectivity index (χ3n) is 3.87. The van der Waals surface area contributed by atoms with Crippen molar-refractivity contribution in [2.45, 2.75) is 19.8 Å². The fraction of sp³-hybridized carbons (Fsp3) is 0.211. The molecule has 4 nitrogen and oxygen atoms in total. The molecule has 0 aliphatic heterocycles. The Morgan fingerprint density at radius 3 is 2.58 bits per heavy atom. The lowest BCUT2D eigenvalue weighted by Crippen LogP contribution is -2.10. The zero-order valence-electron chi connectivity index (χ0n) is 13.6. The molecule has 0 saturated carbocycles. The molecular formula is C19H17ClO4. The summed E-state index contributed by atoms with van der Waals surface area (Å²) in [7, 11) is 1.53. The van der Waals surface area contributed by atoms with Crippen molar-refractivity contribution in [1.82, 2.24) is 0 Å². The third-order valence-corrected chi connectivity index (χ3v) is 4.18. The molecule has 0 spiro atoms. The van der Waals surface area contributed by atoms with Crippen molar-refractivity contribution >= 4 is 22.6 Å². The van der Waals surface area contributed by atoms with E-state index in [0.717, 1.165) is 0 Å². The van der Waals surface area contributed by atoms with Crippen LogP contribution >= 0.6 is 11.6 Å². The van der Waals surface area contributed by atoms with Gasteiger partial charge in [0.05, 0.1) is 23.1 Å². The van der Waals surface area contributed by atoms with Crippen molar-refractivity contribution in [2.75, 3.05) is 7.11 Å². The molecule has 1 heterocycles. The Kier molecular flexibility index (Phi) is 4.24. The number of hydrogen-bond acceptors (Lipinski definition) is 4. The molecule has 0 unspecified atom stereocenters. The van der Waals surface area contributed by atoms with Gasteiger partial charge < -0.3 is 14.3 Å². The van der Waals surface area contributed by atoms with E-state index in [1.807, 2.05) is 13.8 Å². The molecule has 0 aliphatic carbocycles. The molecule has 1 aromatic heterocycles. The average Bonchev–Trinajstić information content (AvgIpc) is 2.55. The van der Waals surface area contributed by atoms with E-state index in [-0.39, 0.29) is 17.1 Å². The monoisotopic (exact) mass is 344 g/mol. The molecule has 3 rings (SSSR count). The largest absolute Gasteiger partial charge is 0.508 e. The van der Waals surface area contributed by atoms with Crippen LogP contribution in [0.15, 0.2) is 45.6 Å². The summed E-state index contributed by atoms with van der Waals surface area (Å²) in [6.07, 6.45) is 0. The van der Waals surface area contributed by atoms with Crippen LogP contribution in [0.1, 0.15) is 25.5 Å². The van der Waals surface area contributed by atoms with E-state index >= 15 is 0 Å². The van der Waals surface area contributed by atoms with Gasteiger partial charge in [0, 0.05) is 12.0 Å². The van der Waals surface area contributed by atoms with E-state index in [1.165, 1.54) is 19.2 Å². The third kappa shape index (κ3) is 2.74. The van der Waals surface area contributed by atoms with Crippen LogP contribution in [0, 0.1) is 0 Å². The summed E-state index contributed by atoms with van der Waals surface area (Å²) >= 11 is 6.08. The Morgan fingerprint density at radius 1 is 1.17 bits per heavy atom. The van der Waals surface area contributed by atoms with E-state index in [2.05, 4.69) is 0 Å². The zero-order chi connectivity index (χ0) is 17.4. The van der Waals surface area contributed by atoms with Crippen molar-refractivity contribution < 1.29 is 14.3 Å². The van der Waals surface area contributed by atoms with Gasteiger partial charge in [0.25, 0.3) is 0 Å². The van der Waals surface area contributed by atoms with Gasteiger partial charge in [-0.1, -0.05) is 31.5 Å². The SMILES string of the molecule is COc1cc(-c2c(C(C)C)oc3cc(O)ccc3c2=O)ccc1Cl. The van der Waals surface area contributed by atoms with Gasteiger partial charge in [-0.05, 0) is 29.8 Å². The van der Waals surface area contributed by atoms with Gasteiger partial charge in [0.1, 0.15) is 22.8 Å². The molecule has 124 valence electrons. The molecule has 24 heavy (non-hydrogen) atoms. The van der Waals surface area contributed by atoms with Gasteiger partial charge in [-0.2, -0.15) is 0 Å². The minimum atomic E-state index is -0.149. The van der Waals surface area contributed by atoms with Crippen LogP contribution in [0.3, 0.4) is 0 Å². The smallest absolute Gasteiger partial charge is 0.200 e. The van der Waals surface area contributed by atoms with E-state index in [0.29, 0.717) is 38.6 Å². The number of fused-ring (bicyclic) bond motifs is 1. The molecule has 0 bridgehead atoms. The first-order chi connectivity index (χ1) is 11.4. The molecule has 3 aromatic rings. The number of phenols is 1. The first kappa shape index (κ1) is 16.4.